The minimum atomic E-state index is -0.329. The number of nitrogens with zero attached hydrogens (tertiary/aromatic N) is 2. The molecule has 0 spiro atoms. The summed E-state index contributed by atoms with van der Waals surface area (Å²) < 4.78 is 0. The molecule has 0 N–H and O–H groups in total. The number of benzene rings is 3. The van der Waals surface area contributed by atoms with Crippen LogP contribution in [0.1, 0.15) is 30.5 Å². The van der Waals surface area contributed by atoms with Gasteiger partial charge >= 0.3 is 0 Å². The molecule has 1 aliphatic rings. The summed E-state index contributed by atoms with van der Waals surface area (Å²) >= 11 is 6.44. The average Bonchev–Trinajstić information content (AvgIpc) is 2.83. The van der Waals surface area contributed by atoms with Crippen LogP contribution in [0.15, 0.2) is 72.8 Å². The molecule has 1 fully saturated rings. The van der Waals surface area contributed by atoms with Gasteiger partial charge in [-0.1, -0.05) is 91.7 Å². The zero-order valence-corrected chi connectivity index (χ0v) is 21.3. The maximum Gasteiger partial charge on any atom is 0.126 e. The van der Waals surface area contributed by atoms with E-state index in [1.807, 2.05) is 26.0 Å². The Morgan fingerprint density at radius 2 is 1.71 bits per heavy atom. The van der Waals surface area contributed by atoms with Crippen molar-refractivity contribution in [1.29, 1.82) is 0 Å². The Kier molecular flexibility index (Phi) is 7.88. The molecule has 3 aromatic carbocycles. The molecule has 1 heterocycles. The SMILES string of the molecule is Cc1ccc(Cl)c(-c2ccc(CN3CCN(CC(C)(C)C=O)C(Cc4ccccc4)C3)cc2)c1. The van der Waals surface area contributed by atoms with Crippen molar-refractivity contribution in [1.82, 2.24) is 9.80 Å². The van der Waals surface area contributed by atoms with Gasteiger partial charge in [0.2, 0.25) is 0 Å². The Morgan fingerprint density at radius 1 is 0.971 bits per heavy atom. The Balaban J connectivity index is 1.46. The number of piperazine rings is 1. The fourth-order valence-electron chi connectivity index (χ4n) is 4.86. The largest absolute Gasteiger partial charge is 0.303 e. The van der Waals surface area contributed by atoms with E-state index >= 15 is 0 Å². The molecule has 3 nitrogen and oxygen atoms in total. The van der Waals surface area contributed by atoms with Crippen LogP contribution in [0.25, 0.3) is 11.1 Å². The third-order valence-electron chi connectivity index (χ3n) is 6.73. The van der Waals surface area contributed by atoms with E-state index in [0.717, 1.165) is 61.6 Å². The first-order valence-electron chi connectivity index (χ1n) is 12.1. The summed E-state index contributed by atoms with van der Waals surface area (Å²) in [4.78, 5) is 16.7. The van der Waals surface area contributed by atoms with Crippen LogP contribution in [0.5, 0.6) is 0 Å². The molecule has 4 rings (SSSR count). The maximum atomic E-state index is 11.6. The molecule has 0 radical (unpaired) electrons. The molecule has 0 saturated carbocycles. The van der Waals surface area contributed by atoms with Crippen molar-refractivity contribution >= 4 is 17.9 Å². The molecule has 1 saturated heterocycles. The summed E-state index contributed by atoms with van der Waals surface area (Å²) in [5, 5.41) is 0.788. The van der Waals surface area contributed by atoms with E-state index in [9.17, 15) is 4.79 Å². The highest BCUT2D eigenvalue weighted by molar-refractivity contribution is 6.33. The first-order valence-corrected chi connectivity index (χ1v) is 12.5. The van der Waals surface area contributed by atoms with Crippen LogP contribution in [-0.2, 0) is 17.8 Å². The van der Waals surface area contributed by atoms with E-state index in [-0.39, 0.29) is 5.41 Å². The normalized spacial score (nSPS) is 17.6. The second-order valence-electron chi connectivity index (χ2n) is 10.3. The number of aldehydes is 1. The molecule has 0 bridgehead atoms. The van der Waals surface area contributed by atoms with Crippen LogP contribution in [0.2, 0.25) is 5.02 Å². The van der Waals surface area contributed by atoms with E-state index in [1.54, 1.807) is 0 Å². The molecule has 0 amide bonds. The third kappa shape index (κ3) is 6.35. The van der Waals surface area contributed by atoms with Gasteiger partial charge in [-0.15, -0.1) is 0 Å². The van der Waals surface area contributed by atoms with Gasteiger partial charge < -0.3 is 4.79 Å². The number of rotatable bonds is 8. The number of aryl methyl sites for hydroxylation is 1. The Hall–Kier alpha value is -2.46. The van der Waals surface area contributed by atoms with Crippen LogP contribution in [0.4, 0.5) is 0 Å². The number of halogens is 1. The van der Waals surface area contributed by atoms with Crippen molar-refractivity contribution in [3.8, 4) is 11.1 Å². The molecule has 1 atom stereocenters. The third-order valence-corrected chi connectivity index (χ3v) is 7.06. The Bertz CT molecular complexity index is 1090. The van der Waals surface area contributed by atoms with Gasteiger partial charge in [0.1, 0.15) is 6.29 Å². The van der Waals surface area contributed by atoms with Gasteiger partial charge in [-0.3, -0.25) is 9.80 Å². The van der Waals surface area contributed by atoms with Crippen molar-refractivity contribution in [3.05, 3.63) is 94.5 Å². The van der Waals surface area contributed by atoms with Crippen LogP contribution >= 0.6 is 11.6 Å². The van der Waals surface area contributed by atoms with Gasteiger partial charge in [0.25, 0.3) is 0 Å². The number of carbonyl (C=O) groups is 1. The molecule has 0 aromatic heterocycles. The fraction of sp³-hybridized carbons (Fsp3) is 0.367. The van der Waals surface area contributed by atoms with Gasteiger partial charge in [-0.25, -0.2) is 0 Å². The highest BCUT2D eigenvalue weighted by Gasteiger charge is 2.31. The summed E-state index contributed by atoms with van der Waals surface area (Å²) in [6, 6.07) is 26.1. The highest BCUT2D eigenvalue weighted by atomic mass is 35.5. The van der Waals surface area contributed by atoms with E-state index in [4.69, 9.17) is 11.6 Å². The van der Waals surface area contributed by atoms with Crippen LogP contribution in [-0.4, -0.2) is 48.3 Å². The van der Waals surface area contributed by atoms with Gasteiger partial charge in [0.15, 0.2) is 0 Å². The molecular formula is C30H35ClN2O. The minimum absolute atomic E-state index is 0.329. The molecule has 1 aliphatic heterocycles. The lowest BCUT2D eigenvalue weighted by atomic mass is 9.92. The van der Waals surface area contributed by atoms with Crippen molar-refractivity contribution in [3.63, 3.8) is 0 Å². The highest BCUT2D eigenvalue weighted by Crippen LogP contribution is 2.29. The smallest absolute Gasteiger partial charge is 0.126 e. The van der Waals surface area contributed by atoms with E-state index in [2.05, 4.69) is 77.4 Å². The fourth-order valence-corrected chi connectivity index (χ4v) is 5.08. The zero-order valence-electron chi connectivity index (χ0n) is 20.5. The Labute approximate surface area is 209 Å². The average molecular weight is 475 g/mol. The zero-order chi connectivity index (χ0) is 24.1. The quantitative estimate of drug-likeness (QED) is 0.359. The Morgan fingerprint density at radius 3 is 2.41 bits per heavy atom. The summed E-state index contributed by atoms with van der Waals surface area (Å²) in [6.07, 6.45) is 2.10. The van der Waals surface area contributed by atoms with Crippen molar-refractivity contribution in [2.24, 2.45) is 5.41 Å². The molecule has 34 heavy (non-hydrogen) atoms. The number of hydrogen-bond donors (Lipinski definition) is 0. The van der Waals surface area contributed by atoms with Crippen LogP contribution in [0, 0.1) is 12.3 Å². The molecule has 4 heteroatoms. The van der Waals surface area contributed by atoms with Crippen LogP contribution in [0.3, 0.4) is 0 Å². The number of hydrogen-bond acceptors (Lipinski definition) is 3. The second-order valence-corrected chi connectivity index (χ2v) is 10.7. The van der Waals surface area contributed by atoms with E-state index in [0.29, 0.717) is 6.04 Å². The molecule has 0 aliphatic carbocycles. The van der Waals surface area contributed by atoms with Gasteiger partial charge in [0.05, 0.1) is 0 Å². The van der Waals surface area contributed by atoms with Gasteiger partial charge in [-0.2, -0.15) is 0 Å². The first kappa shape index (κ1) is 24.7. The summed E-state index contributed by atoms with van der Waals surface area (Å²) in [6.45, 7) is 10.9. The topological polar surface area (TPSA) is 23.6 Å². The predicted octanol–water partition coefficient (Wildman–Crippen LogP) is 6.27. The first-order chi connectivity index (χ1) is 16.3. The number of carbonyl (C=O) groups excluding carboxylic acids is 1. The standard InChI is InChI=1S/C30H35ClN2O/c1-23-9-14-29(31)28(17-23)26-12-10-25(11-13-26)19-32-15-16-33(21-30(2,3)22-34)27(20-32)18-24-7-5-4-6-8-24/h4-14,17,22,27H,15-16,18-21H2,1-3H3. The summed E-state index contributed by atoms with van der Waals surface area (Å²) in [7, 11) is 0. The van der Waals surface area contributed by atoms with E-state index in [1.165, 1.54) is 16.7 Å². The van der Waals surface area contributed by atoms with Crippen molar-refractivity contribution < 1.29 is 4.79 Å². The summed E-state index contributed by atoms with van der Waals surface area (Å²) in [5.74, 6) is 0. The minimum Gasteiger partial charge on any atom is -0.303 e. The lowest BCUT2D eigenvalue weighted by Crippen LogP contribution is -2.55. The molecule has 3 aromatic rings. The molecular weight excluding hydrogens is 440 g/mol. The second kappa shape index (κ2) is 10.9. The van der Waals surface area contributed by atoms with Crippen LogP contribution < -0.4 is 0 Å². The van der Waals surface area contributed by atoms with Gasteiger partial charge in [0, 0.05) is 54.8 Å². The van der Waals surface area contributed by atoms with Crippen molar-refractivity contribution in [2.75, 3.05) is 26.2 Å². The maximum absolute atomic E-state index is 11.6. The molecule has 1 unspecified atom stereocenters. The van der Waals surface area contributed by atoms with Gasteiger partial charge in [-0.05, 0) is 42.2 Å². The molecule has 178 valence electrons. The van der Waals surface area contributed by atoms with E-state index < -0.39 is 0 Å². The lowest BCUT2D eigenvalue weighted by Gasteiger charge is -2.43. The monoisotopic (exact) mass is 474 g/mol. The van der Waals surface area contributed by atoms with Crippen molar-refractivity contribution in [2.45, 2.75) is 39.8 Å². The predicted molar refractivity (Wildman–Crippen MR) is 142 cm³/mol. The lowest BCUT2D eigenvalue weighted by molar-refractivity contribution is -0.116. The summed E-state index contributed by atoms with van der Waals surface area (Å²) in [5.41, 5.74) is 5.78.